The molecule has 3 aromatic rings. The third-order valence-corrected chi connectivity index (χ3v) is 4.56. The Balaban J connectivity index is 1.81. The van der Waals surface area contributed by atoms with Crippen molar-refractivity contribution in [2.75, 3.05) is 7.05 Å². The number of pyridine rings is 1. The summed E-state index contributed by atoms with van der Waals surface area (Å²) in [6.07, 6.45) is 1.95. The topological polar surface area (TPSA) is 24.9 Å². The number of hydrogen-bond acceptors (Lipinski definition) is 3. The number of hydrogen-bond donors (Lipinski definition) is 1. The van der Waals surface area contributed by atoms with E-state index in [0.717, 1.165) is 10.6 Å². The number of fused-ring (bicyclic) bond motifs is 1. The average molecular weight is 294 g/mol. The lowest BCUT2D eigenvalue weighted by Crippen LogP contribution is -2.13. The predicted molar refractivity (Wildman–Crippen MR) is 89.8 cm³/mol. The van der Waals surface area contributed by atoms with Crippen LogP contribution in [-0.4, -0.2) is 12.0 Å². The van der Waals surface area contributed by atoms with E-state index >= 15 is 0 Å². The molecule has 1 aromatic heterocycles. The highest BCUT2D eigenvalue weighted by Gasteiger charge is 2.04. The second-order valence-electron chi connectivity index (χ2n) is 5.04. The lowest BCUT2D eigenvalue weighted by Gasteiger charge is -2.10. The van der Waals surface area contributed by atoms with E-state index < -0.39 is 0 Å². The molecule has 1 N–H and O–H groups in total. The monoisotopic (exact) mass is 294 g/mol. The van der Waals surface area contributed by atoms with E-state index in [1.807, 2.05) is 13.2 Å². The second-order valence-corrected chi connectivity index (χ2v) is 6.19. The molecule has 2 nitrogen and oxygen atoms in total. The molecule has 0 saturated carbocycles. The molecule has 1 heterocycles. The Labute approximate surface area is 129 Å². The lowest BCUT2D eigenvalue weighted by atomic mass is 10.1. The smallest absolute Gasteiger partial charge is 0.0571 e. The standard InChI is InChI=1S/C18H18N2S/c1-13(19-2)18-10-9-17(12-20-18)21-16-8-7-14-5-3-4-6-15(14)11-16/h3-13,19H,1-2H3. The van der Waals surface area contributed by atoms with E-state index in [0.29, 0.717) is 0 Å². The van der Waals surface area contributed by atoms with Crippen LogP contribution in [0.3, 0.4) is 0 Å². The van der Waals surface area contributed by atoms with Crippen molar-refractivity contribution < 1.29 is 0 Å². The van der Waals surface area contributed by atoms with Gasteiger partial charge in [-0.1, -0.05) is 42.1 Å². The summed E-state index contributed by atoms with van der Waals surface area (Å²) in [5.41, 5.74) is 1.07. The van der Waals surface area contributed by atoms with Gasteiger partial charge in [-0.2, -0.15) is 0 Å². The Morgan fingerprint density at radius 3 is 2.43 bits per heavy atom. The fourth-order valence-electron chi connectivity index (χ4n) is 2.22. The maximum Gasteiger partial charge on any atom is 0.0571 e. The molecule has 0 radical (unpaired) electrons. The van der Waals surface area contributed by atoms with Crippen molar-refractivity contribution >= 4 is 22.5 Å². The fourth-order valence-corrected chi connectivity index (χ4v) is 3.06. The van der Waals surface area contributed by atoms with Crippen molar-refractivity contribution in [1.29, 1.82) is 0 Å². The highest BCUT2D eigenvalue weighted by atomic mass is 32.2. The molecule has 106 valence electrons. The van der Waals surface area contributed by atoms with Gasteiger partial charge in [0.05, 0.1) is 5.69 Å². The maximum absolute atomic E-state index is 4.52. The molecule has 0 aliphatic rings. The number of nitrogens with zero attached hydrogens (tertiary/aromatic N) is 1. The molecule has 0 saturated heterocycles. The molecule has 0 bridgehead atoms. The number of aromatic nitrogens is 1. The molecule has 1 unspecified atom stereocenters. The molecule has 3 rings (SSSR count). The van der Waals surface area contributed by atoms with E-state index in [2.05, 4.69) is 71.8 Å². The van der Waals surface area contributed by atoms with Crippen LogP contribution in [0.4, 0.5) is 0 Å². The first-order chi connectivity index (χ1) is 10.3. The van der Waals surface area contributed by atoms with Crippen molar-refractivity contribution in [2.24, 2.45) is 0 Å². The van der Waals surface area contributed by atoms with Crippen molar-refractivity contribution in [3.05, 3.63) is 66.5 Å². The van der Waals surface area contributed by atoms with Gasteiger partial charge in [0.2, 0.25) is 0 Å². The minimum atomic E-state index is 0.282. The number of benzene rings is 2. The van der Waals surface area contributed by atoms with Crippen LogP contribution >= 0.6 is 11.8 Å². The molecular formula is C18H18N2S. The first-order valence-electron chi connectivity index (χ1n) is 7.06. The van der Waals surface area contributed by atoms with Gasteiger partial charge in [0.15, 0.2) is 0 Å². The van der Waals surface area contributed by atoms with Crippen LogP contribution in [0.5, 0.6) is 0 Å². The summed E-state index contributed by atoms with van der Waals surface area (Å²) in [6, 6.07) is 19.5. The molecule has 0 fully saturated rings. The summed E-state index contributed by atoms with van der Waals surface area (Å²) in [5, 5.41) is 5.75. The summed E-state index contributed by atoms with van der Waals surface area (Å²) < 4.78 is 0. The van der Waals surface area contributed by atoms with E-state index in [-0.39, 0.29) is 6.04 Å². The van der Waals surface area contributed by atoms with Gasteiger partial charge in [-0.25, -0.2) is 0 Å². The normalized spacial score (nSPS) is 12.5. The summed E-state index contributed by atoms with van der Waals surface area (Å²) >= 11 is 1.75. The third kappa shape index (κ3) is 3.26. The van der Waals surface area contributed by atoms with Crippen molar-refractivity contribution in [3.63, 3.8) is 0 Å². The Kier molecular flexibility index (Phi) is 4.23. The van der Waals surface area contributed by atoms with Gasteiger partial charge in [-0.05, 0) is 49.0 Å². The molecule has 1 atom stereocenters. The average Bonchev–Trinajstić information content (AvgIpc) is 2.55. The predicted octanol–water partition coefficient (Wildman–Crippen LogP) is 4.67. The van der Waals surface area contributed by atoms with E-state index in [9.17, 15) is 0 Å². The van der Waals surface area contributed by atoms with Crippen molar-refractivity contribution in [1.82, 2.24) is 10.3 Å². The van der Waals surface area contributed by atoms with Crippen LogP contribution in [0.25, 0.3) is 10.8 Å². The lowest BCUT2D eigenvalue weighted by molar-refractivity contribution is 0.631. The SMILES string of the molecule is CNC(C)c1ccc(Sc2ccc3ccccc3c2)cn1. The van der Waals surface area contributed by atoms with Crippen LogP contribution in [0.2, 0.25) is 0 Å². The highest BCUT2D eigenvalue weighted by Crippen LogP contribution is 2.30. The van der Waals surface area contributed by atoms with Crippen molar-refractivity contribution in [2.45, 2.75) is 22.8 Å². The summed E-state index contributed by atoms with van der Waals surface area (Å²) in [5.74, 6) is 0. The van der Waals surface area contributed by atoms with Crippen LogP contribution in [0, 0.1) is 0 Å². The maximum atomic E-state index is 4.52. The molecule has 2 aromatic carbocycles. The minimum Gasteiger partial charge on any atom is -0.312 e. The first-order valence-corrected chi connectivity index (χ1v) is 7.88. The zero-order valence-corrected chi connectivity index (χ0v) is 13.0. The summed E-state index contributed by atoms with van der Waals surface area (Å²) in [4.78, 5) is 6.93. The van der Waals surface area contributed by atoms with E-state index in [4.69, 9.17) is 0 Å². The minimum absolute atomic E-state index is 0.282. The van der Waals surface area contributed by atoms with Crippen LogP contribution < -0.4 is 5.32 Å². The van der Waals surface area contributed by atoms with Crippen LogP contribution in [0.1, 0.15) is 18.7 Å². The number of nitrogens with one attached hydrogen (secondary N) is 1. The van der Waals surface area contributed by atoms with Gasteiger partial charge in [-0.3, -0.25) is 4.98 Å². The highest BCUT2D eigenvalue weighted by molar-refractivity contribution is 7.99. The Bertz CT molecular complexity index is 738. The molecule has 0 aliphatic carbocycles. The molecule has 0 aliphatic heterocycles. The van der Waals surface area contributed by atoms with Crippen LogP contribution in [-0.2, 0) is 0 Å². The zero-order valence-electron chi connectivity index (χ0n) is 12.2. The zero-order chi connectivity index (χ0) is 14.7. The van der Waals surface area contributed by atoms with E-state index in [1.54, 1.807) is 11.8 Å². The van der Waals surface area contributed by atoms with Gasteiger partial charge in [-0.15, -0.1) is 0 Å². The van der Waals surface area contributed by atoms with Gasteiger partial charge < -0.3 is 5.32 Å². The molecule has 21 heavy (non-hydrogen) atoms. The summed E-state index contributed by atoms with van der Waals surface area (Å²) in [6.45, 7) is 2.11. The van der Waals surface area contributed by atoms with Gasteiger partial charge in [0.25, 0.3) is 0 Å². The Hall–Kier alpha value is -1.84. The Morgan fingerprint density at radius 1 is 0.952 bits per heavy atom. The second kappa shape index (κ2) is 6.29. The van der Waals surface area contributed by atoms with Crippen LogP contribution in [0.15, 0.2) is 70.6 Å². The largest absolute Gasteiger partial charge is 0.312 e. The van der Waals surface area contributed by atoms with Gasteiger partial charge in [0, 0.05) is 22.0 Å². The van der Waals surface area contributed by atoms with Gasteiger partial charge >= 0.3 is 0 Å². The quantitative estimate of drug-likeness (QED) is 0.757. The molecule has 3 heteroatoms. The number of rotatable bonds is 4. The van der Waals surface area contributed by atoms with Crippen molar-refractivity contribution in [3.8, 4) is 0 Å². The third-order valence-electron chi connectivity index (χ3n) is 3.59. The molecule has 0 amide bonds. The van der Waals surface area contributed by atoms with E-state index in [1.165, 1.54) is 15.7 Å². The fraction of sp³-hybridized carbons (Fsp3) is 0.167. The van der Waals surface area contributed by atoms with Gasteiger partial charge in [0.1, 0.15) is 0 Å². The summed E-state index contributed by atoms with van der Waals surface area (Å²) in [7, 11) is 1.95. The first kappa shape index (κ1) is 14.1. The molecular weight excluding hydrogens is 276 g/mol. The molecule has 0 spiro atoms. The Morgan fingerprint density at radius 2 is 1.71 bits per heavy atom.